The van der Waals surface area contributed by atoms with E-state index in [9.17, 15) is 5.11 Å². The molecular weight excluding hydrogens is 288 g/mol. The van der Waals surface area contributed by atoms with Crippen LogP contribution in [0, 0.1) is 5.92 Å². The van der Waals surface area contributed by atoms with Gasteiger partial charge in [0.1, 0.15) is 0 Å². The summed E-state index contributed by atoms with van der Waals surface area (Å²) in [6.45, 7) is 3.75. The van der Waals surface area contributed by atoms with Crippen LogP contribution in [0.1, 0.15) is 58.3 Å². The molecule has 0 aromatic heterocycles. The Morgan fingerprint density at radius 2 is 1.83 bits per heavy atom. The van der Waals surface area contributed by atoms with Gasteiger partial charge in [-0.2, -0.15) is 0 Å². The number of nitrogens with one attached hydrogen (secondary N) is 2. The van der Waals surface area contributed by atoms with E-state index in [0.717, 1.165) is 50.4 Å². The summed E-state index contributed by atoms with van der Waals surface area (Å²) in [7, 11) is 2.30. The van der Waals surface area contributed by atoms with Crippen molar-refractivity contribution in [3.8, 4) is 0 Å². The highest BCUT2D eigenvalue weighted by Crippen LogP contribution is 2.32. The van der Waals surface area contributed by atoms with E-state index in [1.807, 2.05) is 0 Å². The van der Waals surface area contributed by atoms with E-state index in [1.165, 1.54) is 32.1 Å². The van der Waals surface area contributed by atoms with E-state index in [2.05, 4.69) is 29.5 Å². The van der Waals surface area contributed by atoms with Crippen molar-refractivity contribution in [3.05, 3.63) is 0 Å². The third-order valence-corrected chi connectivity index (χ3v) is 6.13. The topological polar surface area (TPSA) is 59.9 Å². The highest BCUT2D eigenvalue weighted by atomic mass is 16.3. The molecule has 5 heteroatoms. The van der Waals surface area contributed by atoms with E-state index in [1.54, 1.807) is 0 Å². The van der Waals surface area contributed by atoms with Crippen LogP contribution in [0.3, 0.4) is 0 Å². The lowest BCUT2D eigenvalue weighted by Gasteiger charge is -2.47. The maximum atomic E-state index is 9.98. The molecule has 0 aromatic carbocycles. The smallest absolute Gasteiger partial charge is 0.191 e. The molecule has 0 spiro atoms. The normalized spacial score (nSPS) is 38.6. The molecule has 0 amide bonds. The molecule has 3 aliphatic rings. The Morgan fingerprint density at radius 1 is 1.13 bits per heavy atom. The second kappa shape index (κ2) is 7.84. The molecule has 23 heavy (non-hydrogen) atoms. The largest absolute Gasteiger partial charge is 0.393 e. The van der Waals surface area contributed by atoms with Crippen molar-refractivity contribution in [2.45, 2.75) is 82.5 Å². The summed E-state index contributed by atoms with van der Waals surface area (Å²) in [5.41, 5.74) is 0. The number of nitrogens with zero attached hydrogens (tertiary/aromatic N) is 2. The van der Waals surface area contributed by atoms with Gasteiger partial charge in [0.25, 0.3) is 0 Å². The number of aliphatic hydroxyl groups is 1. The van der Waals surface area contributed by atoms with Crippen LogP contribution in [-0.2, 0) is 0 Å². The first kappa shape index (κ1) is 17.0. The molecule has 5 nitrogen and oxygen atoms in total. The van der Waals surface area contributed by atoms with Crippen LogP contribution in [0.2, 0.25) is 0 Å². The summed E-state index contributed by atoms with van der Waals surface area (Å²) in [6.07, 6.45) is 9.58. The third-order valence-electron chi connectivity index (χ3n) is 6.13. The van der Waals surface area contributed by atoms with Crippen molar-refractivity contribution in [3.63, 3.8) is 0 Å². The number of aliphatic hydroxyl groups excluding tert-OH is 1. The standard InChI is InChI=1S/C18H34N4O/c1-3-19-18(20-12-13-6-4-9-17(13)23)21-14-10-15-7-5-8-16(11-14)22(15)2/h13-17,23H,3-12H2,1-2H3,(H2,19,20,21). The molecule has 3 rings (SSSR count). The van der Waals surface area contributed by atoms with Crippen LogP contribution in [0.25, 0.3) is 0 Å². The zero-order valence-electron chi connectivity index (χ0n) is 14.8. The fraction of sp³-hybridized carbons (Fsp3) is 0.944. The van der Waals surface area contributed by atoms with Crippen LogP contribution in [0.15, 0.2) is 4.99 Å². The predicted octanol–water partition coefficient (Wildman–Crippen LogP) is 1.72. The van der Waals surface area contributed by atoms with Crippen molar-refractivity contribution in [1.82, 2.24) is 15.5 Å². The van der Waals surface area contributed by atoms with E-state index in [4.69, 9.17) is 4.99 Å². The summed E-state index contributed by atoms with van der Waals surface area (Å²) >= 11 is 0. The molecule has 2 saturated heterocycles. The van der Waals surface area contributed by atoms with Gasteiger partial charge in [0.15, 0.2) is 5.96 Å². The Morgan fingerprint density at radius 3 is 2.43 bits per heavy atom. The van der Waals surface area contributed by atoms with Gasteiger partial charge in [-0.3, -0.25) is 4.99 Å². The number of aliphatic imine (C=N–C) groups is 1. The average molecular weight is 322 g/mol. The van der Waals surface area contributed by atoms with Gasteiger partial charge in [-0.05, 0) is 52.5 Å². The minimum atomic E-state index is -0.149. The fourth-order valence-electron chi connectivity index (χ4n) is 4.69. The van der Waals surface area contributed by atoms with E-state index < -0.39 is 0 Å². The molecule has 3 fully saturated rings. The van der Waals surface area contributed by atoms with Crippen LogP contribution in [0.4, 0.5) is 0 Å². The number of hydrogen-bond acceptors (Lipinski definition) is 3. The molecule has 132 valence electrons. The average Bonchev–Trinajstić information content (AvgIpc) is 2.91. The molecule has 4 unspecified atom stereocenters. The lowest BCUT2D eigenvalue weighted by atomic mass is 9.82. The maximum Gasteiger partial charge on any atom is 0.191 e. The summed E-state index contributed by atoms with van der Waals surface area (Å²) in [4.78, 5) is 7.37. The summed E-state index contributed by atoms with van der Waals surface area (Å²) in [5.74, 6) is 1.29. The molecular formula is C18H34N4O. The lowest BCUT2D eigenvalue weighted by molar-refractivity contribution is 0.0526. The van der Waals surface area contributed by atoms with Crippen molar-refractivity contribution in [1.29, 1.82) is 0 Å². The van der Waals surface area contributed by atoms with Gasteiger partial charge in [-0.1, -0.05) is 12.8 Å². The molecule has 0 aromatic rings. The van der Waals surface area contributed by atoms with Gasteiger partial charge in [0, 0.05) is 37.1 Å². The first-order chi connectivity index (χ1) is 11.2. The highest BCUT2D eigenvalue weighted by Gasteiger charge is 2.36. The minimum Gasteiger partial charge on any atom is -0.393 e. The van der Waals surface area contributed by atoms with Gasteiger partial charge in [0.05, 0.1) is 6.10 Å². The number of fused-ring (bicyclic) bond motifs is 2. The third kappa shape index (κ3) is 4.18. The second-order valence-corrected chi connectivity index (χ2v) is 7.69. The maximum absolute atomic E-state index is 9.98. The predicted molar refractivity (Wildman–Crippen MR) is 94.7 cm³/mol. The number of rotatable bonds is 4. The number of guanidine groups is 1. The summed E-state index contributed by atoms with van der Waals surface area (Å²) in [6, 6.07) is 2.01. The van der Waals surface area contributed by atoms with Crippen molar-refractivity contribution < 1.29 is 5.11 Å². The van der Waals surface area contributed by atoms with Gasteiger partial charge in [-0.25, -0.2) is 0 Å². The van der Waals surface area contributed by atoms with Gasteiger partial charge in [0.2, 0.25) is 0 Å². The molecule has 3 N–H and O–H groups in total. The van der Waals surface area contributed by atoms with E-state index in [-0.39, 0.29) is 6.10 Å². The van der Waals surface area contributed by atoms with Gasteiger partial charge >= 0.3 is 0 Å². The van der Waals surface area contributed by atoms with Crippen LogP contribution < -0.4 is 10.6 Å². The molecule has 2 heterocycles. The van der Waals surface area contributed by atoms with E-state index in [0.29, 0.717) is 12.0 Å². The number of hydrogen-bond donors (Lipinski definition) is 3. The van der Waals surface area contributed by atoms with Crippen molar-refractivity contribution in [2.24, 2.45) is 10.9 Å². The summed E-state index contributed by atoms with van der Waals surface area (Å²) < 4.78 is 0. The molecule has 1 saturated carbocycles. The summed E-state index contributed by atoms with van der Waals surface area (Å²) in [5, 5.41) is 17.0. The SMILES string of the molecule is CCNC(=NCC1CCCC1O)NC1CC2CCCC(C1)N2C. The quantitative estimate of drug-likeness (QED) is 0.545. The van der Waals surface area contributed by atoms with Crippen LogP contribution in [-0.4, -0.2) is 60.3 Å². The van der Waals surface area contributed by atoms with Crippen molar-refractivity contribution in [2.75, 3.05) is 20.1 Å². The molecule has 2 aliphatic heterocycles. The molecule has 2 bridgehead atoms. The first-order valence-electron chi connectivity index (χ1n) is 9.62. The van der Waals surface area contributed by atoms with Crippen molar-refractivity contribution >= 4 is 5.96 Å². The van der Waals surface area contributed by atoms with Crippen LogP contribution >= 0.6 is 0 Å². The fourth-order valence-corrected chi connectivity index (χ4v) is 4.69. The van der Waals surface area contributed by atoms with E-state index >= 15 is 0 Å². The second-order valence-electron chi connectivity index (χ2n) is 7.69. The van der Waals surface area contributed by atoms with Gasteiger partial charge < -0.3 is 20.6 Å². The zero-order valence-corrected chi connectivity index (χ0v) is 14.8. The van der Waals surface area contributed by atoms with Gasteiger partial charge in [-0.15, -0.1) is 0 Å². The first-order valence-corrected chi connectivity index (χ1v) is 9.62. The zero-order chi connectivity index (χ0) is 16.2. The Kier molecular flexibility index (Phi) is 5.81. The van der Waals surface area contributed by atoms with Crippen LogP contribution in [0.5, 0.6) is 0 Å². The molecule has 1 aliphatic carbocycles. The minimum absolute atomic E-state index is 0.149. The Balaban J connectivity index is 1.56. The molecule has 0 radical (unpaired) electrons. The Hall–Kier alpha value is -0.810. The molecule has 4 atom stereocenters. The monoisotopic (exact) mass is 322 g/mol. The number of piperidine rings is 2. The lowest BCUT2D eigenvalue weighted by Crippen LogP contribution is -2.56. The Bertz CT molecular complexity index is 400. The highest BCUT2D eigenvalue weighted by molar-refractivity contribution is 5.80. The Labute approximate surface area is 140 Å².